The third kappa shape index (κ3) is 5.85. The molecule has 0 radical (unpaired) electrons. The molecule has 4 aromatic carbocycles. The first-order chi connectivity index (χ1) is 19.2. The van der Waals surface area contributed by atoms with E-state index in [9.17, 15) is 9.59 Å². The predicted octanol–water partition coefficient (Wildman–Crippen LogP) is 4.24. The summed E-state index contributed by atoms with van der Waals surface area (Å²) >= 11 is 0. The Morgan fingerprint density at radius 2 is 0.872 bits per heavy atom. The van der Waals surface area contributed by atoms with E-state index in [0.29, 0.717) is 30.9 Å². The minimum absolute atomic E-state index is 0.0934. The van der Waals surface area contributed by atoms with Gasteiger partial charge >= 0.3 is 0 Å². The fourth-order valence-corrected chi connectivity index (χ4v) is 8.99. The topological polar surface area (TPSA) is 65.1 Å². The largest absolute Gasteiger partial charge is 0.377 e. The molecule has 0 bridgehead atoms. The van der Waals surface area contributed by atoms with Crippen LogP contribution in [0.5, 0.6) is 0 Å². The van der Waals surface area contributed by atoms with Gasteiger partial charge < -0.3 is 9.47 Å². The monoisotopic (exact) mass is 540 g/mol. The van der Waals surface area contributed by atoms with E-state index in [1.807, 2.05) is 0 Å². The second-order valence-corrected chi connectivity index (χ2v) is 12.7. The van der Waals surface area contributed by atoms with Crippen LogP contribution in [0.3, 0.4) is 0 Å². The third-order valence-electron chi connectivity index (χ3n) is 6.74. The maximum Gasteiger partial charge on any atom is 0.285 e. The van der Waals surface area contributed by atoms with Crippen molar-refractivity contribution in [3.8, 4) is 0 Å². The van der Waals surface area contributed by atoms with Gasteiger partial charge in [0.2, 0.25) is 0 Å². The Morgan fingerprint density at radius 1 is 0.487 bits per heavy atom. The van der Waals surface area contributed by atoms with Crippen molar-refractivity contribution in [2.45, 2.75) is 0 Å². The van der Waals surface area contributed by atoms with E-state index >= 15 is 0 Å². The molecule has 0 aliphatic carbocycles. The van der Waals surface area contributed by atoms with Gasteiger partial charge in [0.25, 0.3) is 11.8 Å². The molecule has 0 unspecified atom stereocenters. The molecule has 2 amide bonds. The highest BCUT2D eigenvalue weighted by molar-refractivity contribution is 7.95. The van der Waals surface area contributed by atoms with Crippen LogP contribution in [0, 0.1) is 0 Å². The Bertz CT molecular complexity index is 1250. The van der Waals surface area contributed by atoms with Crippen molar-refractivity contribution in [1.29, 1.82) is 0 Å². The molecule has 198 valence electrons. The lowest BCUT2D eigenvalue weighted by Crippen LogP contribution is -2.34. The zero-order valence-corrected chi connectivity index (χ0v) is 22.5. The van der Waals surface area contributed by atoms with E-state index in [1.54, 1.807) is 24.3 Å². The number of ether oxygens (including phenoxy) is 2. The van der Waals surface area contributed by atoms with E-state index in [1.165, 1.54) is 15.9 Å². The number of amides is 2. The molecule has 39 heavy (non-hydrogen) atoms. The number of nitrogens with zero attached hydrogens (tertiary/aromatic N) is 1. The van der Waals surface area contributed by atoms with Crippen LogP contribution in [0.4, 0.5) is 0 Å². The highest BCUT2D eigenvalue weighted by atomic mass is 31.2. The van der Waals surface area contributed by atoms with Crippen LogP contribution in [0.15, 0.2) is 115 Å². The summed E-state index contributed by atoms with van der Waals surface area (Å²) in [5.41, 5.74) is 0.717. The number of hydrogen-bond donors (Lipinski definition) is 0. The quantitative estimate of drug-likeness (QED) is 0.144. The first-order valence-electron chi connectivity index (χ1n) is 13.0. The molecule has 1 heterocycles. The van der Waals surface area contributed by atoms with Crippen molar-refractivity contribution < 1.29 is 23.9 Å². The molecule has 0 fully saturated rings. The third-order valence-corrected chi connectivity index (χ3v) is 11.1. The number of benzene rings is 4. The Hall–Kier alpha value is -3.67. The molecule has 1 aliphatic rings. The molecule has 0 N–H and O–H groups in total. The summed E-state index contributed by atoms with van der Waals surface area (Å²) in [6, 6.07) is 38.9. The minimum Gasteiger partial charge on any atom is -0.377 e. The Morgan fingerprint density at radius 3 is 1.33 bits per heavy atom. The van der Waals surface area contributed by atoms with Crippen molar-refractivity contribution in [3.63, 3.8) is 0 Å². The van der Waals surface area contributed by atoms with Crippen LogP contribution in [-0.2, 0) is 14.3 Å². The van der Waals surface area contributed by atoms with Crippen LogP contribution in [0.25, 0.3) is 0 Å². The summed E-state index contributed by atoms with van der Waals surface area (Å²) in [6.45, 7) is 1.74. The zero-order valence-electron chi connectivity index (χ0n) is 21.6. The highest BCUT2D eigenvalue weighted by Crippen LogP contribution is 2.54. The van der Waals surface area contributed by atoms with Crippen LogP contribution in [0.1, 0.15) is 20.7 Å². The van der Waals surface area contributed by atoms with Crippen LogP contribution in [-0.4, -0.2) is 56.1 Å². The second kappa shape index (κ2) is 12.9. The first kappa shape index (κ1) is 26.9. The Kier molecular flexibility index (Phi) is 8.92. The molecule has 0 spiro atoms. The molecule has 1 aliphatic heterocycles. The number of fused-ring (bicyclic) bond motifs is 1. The second-order valence-electron chi connectivity index (χ2n) is 9.05. The van der Waals surface area contributed by atoms with Crippen LogP contribution in [0.2, 0.25) is 0 Å². The molecule has 0 atom stereocenters. The van der Waals surface area contributed by atoms with Crippen molar-refractivity contribution in [2.75, 3.05) is 39.2 Å². The average Bonchev–Trinajstić information content (AvgIpc) is 3.24. The fraction of sp³-hybridized carbons (Fsp3) is 0.188. The average molecular weight is 541 g/mol. The van der Waals surface area contributed by atoms with E-state index in [-0.39, 0.29) is 13.2 Å². The van der Waals surface area contributed by atoms with Crippen molar-refractivity contribution in [1.82, 2.24) is 5.06 Å². The first-order valence-corrected chi connectivity index (χ1v) is 15.0. The van der Waals surface area contributed by atoms with Crippen molar-refractivity contribution >= 4 is 35.0 Å². The molecule has 0 aromatic heterocycles. The molecule has 6 nitrogen and oxygen atoms in total. The van der Waals surface area contributed by atoms with Gasteiger partial charge in [-0.1, -0.05) is 66.7 Å². The summed E-state index contributed by atoms with van der Waals surface area (Å²) in [6.07, 6.45) is 0.869. The van der Waals surface area contributed by atoms with E-state index in [2.05, 4.69) is 91.0 Å². The highest BCUT2D eigenvalue weighted by Gasteiger charge is 2.44. The summed E-state index contributed by atoms with van der Waals surface area (Å²) in [5, 5.41) is 4.79. The van der Waals surface area contributed by atoms with Crippen LogP contribution < -0.4 is 15.9 Å². The number of carbonyl (C=O) groups excluding carboxylic acids is 2. The van der Waals surface area contributed by atoms with Crippen molar-refractivity contribution in [2.24, 2.45) is 0 Å². The van der Waals surface area contributed by atoms with E-state index in [4.69, 9.17) is 14.3 Å². The van der Waals surface area contributed by atoms with Gasteiger partial charge in [0, 0.05) is 0 Å². The van der Waals surface area contributed by atoms with Crippen LogP contribution >= 0.6 is 7.26 Å². The fourth-order valence-electron chi connectivity index (χ4n) is 4.88. The Balaban J connectivity index is 1.13. The molecule has 4 aromatic rings. The maximum atomic E-state index is 12.4. The molecular weight excluding hydrogens is 509 g/mol. The SMILES string of the molecule is O=C1c2ccccc2C(=O)N1OCCOCCOCC[P+](c1ccccc1)(c1ccccc1)c1ccccc1. The molecule has 5 rings (SSSR count). The van der Waals surface area contributed by atoms with Gasteiger partial charge in [0.15, 0.2) is 0 Å². The van der Waals surface area contributed by atoms with Gasteiger partial charge in [0.05, 0.1) is 50.3 Å². The number of imide groups is 1. The molecule has 0 saturated heterocycles. The standard InChI is InChI=1S/C32H31NO5P/c34-31-29-18-10-11-19-30(29)32(35)33(31)38-23-22-36-20-21-37-24-25-39(26-12-4-1-5-13-26,27-14-6-2-7-15-27)28-16-8-3-9-17-28/h1-19H,20-25H2/q+1. The zero-order chi connectivity index (χ0) is 26.9. The summed E-state index contributed by atoms with van der Waals surface area (Å²) in [4.78, 5) is 30.1. The van der Waals surface area contributed by atoms with Gasteiger partial charge in [-0.05, 0) is 48.5 Å². The number of rotatable bonds is 13. The van der Waals surface area contributed by atoms with Gasteiger partial charge in [-0.15, -0.1) is 5.06 Å². The minimum atomic E-state index is -1.92. The summed E-state index contributed by atoms with van der Waals surface area (Å²) in [7, 11) is -1.92. The predicted molar refractivity (Wildman–Crippen MR) is 155 cm³/mol. The summed E-state index contributed by atoms with van der Waals surface area (Å²) in [5.74, 6) is -0.887. The lowest BCUT2D eigenvalue weighted by Gasteiger charge is -2.27. The van der Waals surface area contributed by atoms with Gasteiger partial charge in [0.1, 0.15) is 23.2 Å². The van der Waals surface area contributed by atoms with Crippen molar-refractivity contribution in [3.05, 3.63) is 126 Å². The molecule has 7 heteroatoms. The number of carbonyl (C=O) groups is 2. The smallest absolute Gasteiger partial charge is 0.285 e. The summed E-state index contributed by atoms with van der Waals surface area (Å²) < 4.78 is 11.7. The van der Waals surface area contributed by atoms with Gasteiger partial charge in [-0.2, -0.15) is 0 Å². The molecule has 0 saturated carbocycles. The lowest BCUT2D eigenvalue weighted by molar-refractivity contribution is -0.107. The van der Waals surface area contributed by atoms with Gasteiger partial charge in [-0.25, -0.2) is 0 Å². The number of hydroxylamine groups is 2. The maximum absolute atomic E-state index is 12.4. The normalized spacial score (nSPS) is 13.1. The van der Waals surface area contributed by atoms with Gasteiger partial charge in [-0.3, -0.25) is 14.4 Å². The molecular formula is C32H31NO5P+. The lowest BCUT2D eigenvalue weighted by atomic mass is 10.1. The van der Waals surface area contributed by atoms with E-state index in [0.717, 1.165) is 11.2 Å². The Labute approximate surface area is 229 Å². The number of hydrogen-bond acceptors (Lipinski definition) is 5. The van der Waals surface area contributed by atoms with E-state index < -0.39 is 19.1 Å².